The highest BCUT2D eigenvalue weighted by molar-refractivity contribution is 7.99. The molecule has 0 saturated carbocycles. The van der Waals surface area contributed by atoms with Crippen molar-refractivity contribution >= 4 is 17.7 Å². The van der Waals surface area contributed by atoms with E-state index in [1.807, 2.05) is 11.2 Å². The van der Waals surface area contributed by atoms with Crippen molar-refractivity contribution in [2.75, 3.05) is 32.4 Å². The van der Waals surface area contributed by atoms with E-state index in [0.717, 1.165) is 32.6 Å². The Bertz CT molecular complexity index is 165. The number of amides is 1. The standard InChI is InChI=1S/C9H18N2OS/c1-3-8(13-2)9(12)11-6-4-10-5-7-11/h8,10H,3-7H2,1-2H3/t8-/m0/s1. The number of thioether (sulfide) groups is 1. The van der Waals surface area contributed by atoms with Gasteiger partial charge in [-0.05, 0) is 12.7 Å². The minimum Gasteiger partial charge on any atom is -0.339 e. The zero-order chi connectivity index (χ0) is 9.68. The maximum Gasteiger partial charge on any atom is 0.235 e. The van der Waals surface area contributed by atoms with E-state index in [1.54, 1.807) is 11.8 Å². The summed E-state index contributed by atoms with van der Waals surface area (Å²) < 4.78 is 0. The molecule has 1 amide bonds. The summed E-state index contributed by atoms with van der Waals surface area (Å²) in [4.78, 5) is 13.8. The topological polar surface area (TPSA) is 32.3 Å². The molecule has 4 heteroatoms. The second-order valence-corrected chi connectivity index (χ2v) is 4.25. The Balaban J connectivity index is 2.44. The van der Waals surface area contributed by atoms with E-state index in [4.69, 9.17) is 0 Å². The van der Waals surface area contributed by atoms with Gasteiger partial charge < -0.3 is 10.2 Å². The van der Waals surface area contributed by atoms with Crippen molar-refractivity contribution in [2.45, 2.75) is 18.6 Å². The molecule has 13 heavy (non-hydrogen) atoms. The van der Waals surface area contributed by atoms with Gasteiger partial charge >= 0.3 is 0 Å². The maximum absolute atomic E-state index is 11.8. The monoisotopic (exact) mass is 202 g/mol. The van der Waals surface area contributed by atoms with Gasteiger partial charge in [0.05, 0.1) is 5.25 Å². The lowest BCUT2D eigenvalue weighted by Crippen LogP contribution is -2.49. The van der Waals surface area contributed by atoms with Crippen molar-refractivity contribution < 1.29 is 4.79 Å². The van der Waals surface area contributed by atoms with Crippen LogP contribution >= 0.6 is 11.8 Å². The first-order valence-corrected chi connectivity index (χ1v) is 6.10. The first-order valence-electron chi connectivity index (χ1n) is 4.82. The van der Waals surface area contributed by atoms with Crippen LogP contribution in [0.2, 0.25) is 0 Å². The Morgan fingerprint density at radius 1 is 1.54 bits per heavy atom. The number of nitrogens with one attached hydrogen (secondary N) is 1. The fraction of sp³-hybridized carbons (Fsp3) is 0.889. The predicted octanol–water partition coefficient (Wildman–Crippen LogP) is 0.560. The summed E-state index contributed by atoms with van der Waals surface area (Å²) in [6.07, 6.45) is 2.94. The van der Waals surface area contributed by atoms with E-state index in [-0.39, 0.29) is 5.25 Å². The quantitative estimate of drug-likeness (QED) is 0.726. The van der Waals surface area contributed by atoms with Crippen molar-refractivity contribution in [3.05, 3.63) is 0 Å². The van der Waals surface area contributed by atoms with Crippen molar-refractivity contribution in [2.24, 2.45) is 0 Å². The average Bonchev–Trinajstić information content (AvgIpc) is 2.21. The molecule has 0 unspecified atom stereocenters. The molecule has 0 radical (unpaired) electrons. The Kier molecular flexibility index (Phi) is 4.59. The lowest BCUT2D eigenvalue weighted by atomic mass is 10.2. The lowest BCUT2D eigenvalue weighted by Gasteiger charge is -2.30. The second-order valence-electron chi connectivity index (χ2n) is 3.21. The van der Waals surface area contributed by atoms with Crippen molar-refractivity contribution in [3.63, 3.8) is 0 Å². The number of hydrogen-bond donors (Lipinski definition) is 1. The third kappa shape index (κ3) is 2.88. The number of carbonyl (C=O) groups is 1. The molecule has 1 aliphatic rings. The molecule has 0 bridgehead atoms. The smallest absolute Gasteiger partial charge is 0.235 e. The third-order valence-corrected chi connectivity index (χ3v) is 3.46. The van der Waals surface area contributed by atoms with Gasteiger partial charge in [-0.1, -0.05) is 6.92 Å². The van der Waals surface area contributed by atoms with Crippen LogP contribution in [0.3, 0.4) is 0 Å². The van der Waals surface area contributed by atoms with Gasteiger partial charge in [-0.25, -0.2) is 0 Å². The van der Waals surface area contributed by atoms with Crippen LogP contribution in [-0.4, -0.2) is 48.5 Å². The zero-order valence-electron chi connectivity index (χ0n) is 8.38. The predicted molar refractivity (Wildman–Crippen MR) is 57.0 cm³/mol. The Labute approximate surface area is 84.2 Å². The molecule has 1 rings (SSSR count). The molecule has 0 aromatic heterocycles. The molecule has 0 aromatic rings. The SMILES string of the molecule is CC[C@H](SC)C(=O)N1CCNCC1. The lowest BCUT2D eigenvalue weighted by molar-refractivity contribution is -0.131. The number of piperazine rings is 1. The second kappa shape index (κ2) is 5.50. The number of nitrogens with zero attached hydrogens (tertiary/aromatic N) is 1. The van der Waals surface area contributed by atoms with Crippen LogP contribution in [0.1, 0.15) is 13.3 Å². The largest absolute Gasteiger partial charge is 0.339 e. The summed E-state index contributed by atoms with van der Waals surface area (Å²) in [7, 11) is 0. The Morgan fingerprint density at radius 2 is 2.15 bits per heavy atom. The van der Waals surface area contributed by atoms with E-state index >= 15 is 0 Å². The van der Waals surface area contributed by atoms with Gasteiger partial charge in [0.2, 0.25) is 5.91 Å². The number of rotatable bonds is 3. The molecule has 1 saturated heterocycles. The van der Waals surface area contributed by atoms with Gasteiger partial charge in [-0.3, -0.25) is 4.79 Å². The summed E-state index contributed by atoms with van der Waals surface area (Å²) in [6, 6.07) is 0. The van der Waals surface area contributed by atoms with E-state index in [0.29, 0.717) is 5.91 Å². The van der Waals surface area contributed by atoms with Gasteiger partial charge in [0.15, 0.2) is 0 Å². The summed E-state index contributed by atoms with van der Waals surface area (Å²) in [5.41, 5.74) is 0. The molecule has 1 heterocycles. The minimum absolute atomic E-state index is 0.165. The maximum atomic E-state index is 11.8. The summed E-state index contributed by atoms with van der Waals surface area (Å²) >= 11 is 1.66. The van der Waals surface area contributed by atoms with E-state index < -0.39 is 0 Å². The van der Waals surface area contributed by atoms with Gasteiger partial charge in [-0.2, -0.15) is 11.8 Å². The van der Waals surface area contributed by atoms with Crippen LogP contribution in [0.15, 0.2) is 0 Å². The molecular weight excluding hydrogens is 184 g/mol. The summed E-state index contributed by atoms with van der Waals surface area (Å²) in [6.45, 7) is 5.69. The van der Waals surface area contributed by atoms with Crippen LogP contribution in [0.5, 0.6) is 0 Å². The number of carbonyl (C=O) groups excluding carboxylic acids is 1. The van der Waals surface area contributed by atoms with E-state index in [9.17, 15) is 4.79 Å². The highest BCUT2D eigenvalue weighted by atomic mass is 32.2. The molecule has 0 aliphatic carbocycles. The van der Waals surface area contributed by atoms with Crippen molar-refractivity contribution in [1.82, 2.24) is 10.2 Å². The van der Waals surface area contributed by atoms with Crippen LogP contribution in [0, 0.1) is 0 Å². The fourth-order valence-corrected chi connectivity index (χ4v) is 2.21. The van der Waals surface area contributed by atoms with Gasteiger partial charge in [0.1, 0.15) is 0 Å². The molecule has 1 aliphatic heterocycles. The van der Waals surface area contributed by atoms with Gasteiger partial charge in [0.25, 0.3) is 0 Å². The Morgan fingerprint density at radius 3 is 2.62 bits per heavy atom. The summed E-state index contributed by atoms with van der Waals surface area (Å²) in [5.74, 6) is 0.316. The fourth-order valence-electron chi connectivity index (χ4n) is 1.53. The van der Waals surface area contributed by atoms with E-state index in [1.165, 1.54) is 0 Å². The van der Waals surface area contributed by atoms with Crippen molar-refractivity contribution in [3.8, 4) is 0 Å². The minimum atomic E-state index is 0.165. The molecule has 76 valence electrons. The van der Waals surface area contributed by atoms with Crippen LogP contribution in [0.25, 0.3) is 0 Å². The van der Waals surface area contributed by atoms with Gasteiger partial charge in [0, 0.05) is 26.2 Å². The molecule has 1 atom stereocenters. The molecule has 1 fully saturated rings. The average molecular weight is 202 g/mol. The molecule has 0 spiro atoms. The first kappa shape index (κ1) is 10.9. The molecule has 3 nitrogen and oxygen atoms in total. The summed E-state index contributed by atoms with van der Waals surface area (Å²) in [5, 5.41) is 3.41. The number of hydrogen-bond acceptors (Lipinski definition) is 3. The Hall–Kier alpha value is -0.220. The van der Waals surface area contributed by atoms with Crippen LogP contribution in [0.4, 0.5) is 0 Å². The molecule has 1 N–H and O–H groups in total. The molecular formula is C9H18N2OS. The highest BCUT2D eigenvalue weighted by Gasteiger charge is 2.22. The van der Waals surface area contributed by atoms with Crippen LogP contribution in [-0.2, 0) is 4.79 Å². The van der Waals surface area contributed by atoms with E-state index in [2.05, 4.69) is 12.2 Å². The molecule has 0 aromatic carbocycles. The van der Waals surface area contributed by atoms with Crippen LogP contribution < -0.4 is 5.32 Å². The van der Waals surface area contributed by atoms with Crippen molar-refractivity contribution in [1.29, 1.82) is 0 Å². The zero-order valence-corrected chi connectivity index (χ0v) is 9.19. The third-order valence-electron chi connectivity index (χ3n) is 2.36. The highest BCUT2D eigenvalue weighted by Crippen LogP contribution is 2.14. The van der Waals surface area contributed by atoms with Gasteiger partial charge in [-0.15, -0.1) is 0 Å². The normalized spacial score (nSPS) is 20.0. The first-order chi connectivity index (χ1) is 6.29.